The summed E-state index contributed by atoms with van der Waals surface area (Å²) in [4.78, 5) is 0. The highest BCUT2D eigenvalue weighted by Gasteiger charge is 2.46. The van der Waals surface area contributed by atoms with E-state index in [0.717, 1.165) is 6.26 Å². The SMILES string of the molecule is CSC(CSF)(OC(F)F)OC(F)(F)F. The van der Waals surface area contributed by atoms with E-state index in [-0.39, 0.29) is 11.8 Å². The van der Waals surface area contributed by atoms with Gasteiger partial charge in [-0.05, 0) is 6.26 Å². The van der Waals surface area contributed by atoms with Gasteiger partial charge in [-0.3, -0.25) is 4.74 Å². The van der Waals surface area contributed by atoms with Gasteiger partial charge in [0.25, 0.3) is 0 Å². The van der Waals surface area contributed by atoms with Crippen LogP contribution in [0, 0.1) is 0 Å². The van der Waals surface area contributed by atoms with Gasteiger partial charge in [0.05, 0.1) is 17.9 Å². The predicted octanol–water partition coefficient (Wildman–Crippen LogP) is 3.40. The third-order valence-corrected chi connectivity index (χ3v) is 2.70. The number of hydrogen-bond acceptors (Lipinski definition) is 4. The molecule has 0 saturated heterocycles. The topological polar surface area (TPSA) is 18.5 Å². The summed E-state index contributed by atoms with van der Waals surface area (Å²) in [6, 6.07) is 0. The molecule has 0 bridgehead atoms. The lowest BCUT2D eigenvalue weighted by Crippen LogP contribution is -2.41. The second-order valence-electron chi connectivity index (χ2n) is 2.07. The van der Waals surface area contributed by atoms with Crippen molar-refractivity contribution in [3.05, 3.63) is 0 Å². The summed E-state index contributed by atoms with van der Waals surface area (Å²) in [6.45, 7) is -3.49. The molecular weight excluding hydrogens is 270 g/mol. The molecule has 0 rings (SSSR count). The third-order valence-electron chi connectivity index (χ3n) is 1.08. The number of alkyl halides is 5. The molecular formula is C5H6F6O2S2. The maximum Gasteiger partial charge on any atom is 0.525 e. The molecule has 0 aliphatic carbocycles. The number of hydrogen-bond donors (Lipinski definition) is 0. The Morgan fingerprint density at radius 3 is 2.07 bits per heavy atom. The van der Waals surface area contributed by atoms with Gasteiger partial charge in [0.15, 0.2) is 0 Å². The Hall–Kier alpha value is 0.200. The Balaban J connectivity index is 4.64. The van der Waals surface area contributed by atoms with Crippen LogP contribution in [0.4, 0.5) is 25.8 Å². The first-order valence-electron chi connectivity index (χ1n) is 3.26. The van der Waals surface area contributed by atoms with E-state index in [0.29, 0.717) is 0 Å². The molecule has 0 spiro atoms. The number of rotatable bonds is 6. The summed E-state index contributed by atoms with van der Waals surface area (Å²) in [7, 11) is 0. The summed E-state index contributed by atoms with van der Waals surface area (Å²) < 4.78 is 77.8. The van der Waals surface area contributed by atoms with E-state index < -0.39 is 36.0 Å². The van der Waals surface area contributed by atoms with Crippen LogP contribution in [0.1, 0.15) is 0 Å². The van der Waals surface area contributed by atoms with Crippen LogP contribution in [0.15, 0.2) is 0 Å². The van der Waals surface area contributed by atoms with E-state index in [4.69, 9.17) is 0 Å². The van der Waals surface area contributed by atoms with E-state index in [2.05, 4.69) is 9.47 Å². The van der Waals surface area contributed by atoms with Crippen molar-refractivity contribution < 1.29 is 35.3 Å². The average Bonchev–Trinajstić information content (AvgIpc) is 2.00. The second-order valence-corrected chi connectivity index (χ2v) is 3.60. The van der Waals surface area contributed by atoms with Crippen LogP contribution in [-0.2, 0) is 9.47 Å². The highest BCUT2D eigenvalue weighted by Crippen LogP contribution is 2.37. The van der Waals surface area contributed by atoms with Crippen LogP contribution in [-0.4, -0.2) is 30.1 Å². The maximum atomic E-state index is 11.8. The lowest BCUT2D eigenvalue weighted by atomic mass is 10.7. The molecule has 92 valence electrons. The number of halogens is 6. The van der Waals surface area contributed by atoms with Crippen LogP contribution < -0.4 is 0 Å². The fourth-order valence-electron chi connectivity index (χ4n) is 0.615. The lowest BCUT2D eigenvalue weighted by Gasteiger charge is -2.30. The van der Waals surface area contributed by atoms with Crippen molar-refractivity contribution in [3.8, 4) is 0 Å². The van der Waals surface area contributed by atoms with Crippen molar-refractivity contribution in [2.24, 2.45) is 0 Å². The number of thioether (sulfide) groups is 1. The lowest BCUT2D eigenvalue weighted by molar-refractivity contribution is -0.402. The van der Waals surface area contributed by atoms with Crippen LogP contribution in [0.25, 0.3) is 0 Å². The molecule has 0 fully saturated rings. The fourth-order valence-corrected chi connectivity index (χ4v) is 1.83. The van der Waals surface area contributed by atoms with Gasteiger partial charge in [-0.2, -0.15) is 12.7 Å². The third kappa shape index (κ3) is 6.38. The largest absolute Gasteiger partial charge is 0.525 e. The van der Waals surface area contributed by atoms with Crippen molar-refractivity contribution in [2.45, 2.75) is 18.1 Å². The quantitative estimate of drug-likeness (QED) is 0.546. The standard InChI is InChI=1S/C5H6F6O2S2/c1-14-4(2-15-11,12-3(6)7)13-5(8,9)10/h3H,2H2,1H3. The van der Waals surface area contributed by atoms with Crippen molar-refractivity contribution >= 4 is 23.9 Å². The molecule has 0 aliphatic heterocycles. The van der Waals surface area contributed by atoms with Gasteiger partial charge in [-0.25, -0.2) is 4.74 Å². The molecule has 1 unspecified atom stereocenters. The van der Waals surface area contributed by atoms with Crippen molar-refractivity contribution in [3.63, 3.8) is 0 Å². The van der Waals surface area contributed by atoms with Gasteiger partial charge in [-0.15, -0.1) is 24.9 Å². The smallest absolute Gasteiger partial charge is 0.279 e. The molecule has 0 aromatic rings. The van der Waals surface area contributed by atoms with Gasteiger partial charge >= 0.3 is 13.0 Å². The zero-order valence-corrected chi connectivity index (χ0v) is 8.82. The van der Waals surface area contributed by atoms with Crippen molar-refractivity contribution in [1.82, 2.24) is 0 Å². The molecule has 15 heavy (non-hydrogen) atoms. The minimum Gasteiger partial charge on any atom is -0.279 e. The molecule has 0 aromatic heterocycles. The first-order valence-corrected chi connectivity index (χ1v) is 5.37. The monoisotopic (exact) mass is 276 g/mol. The Labute approximate surface area is 90.0 Å². The summed E-state index contributed by atoms with van der Waals surface area (Å²) in [6.07, 6.45) is -4.15. The highest BCUT2D eigenvalue weighted by molar-refractivity contribution is 8.01. The molecule has 1 atom stereocenters. The summed E-state index contributed by atoms with van der Waals surface area (Å²) in [5.41, 5.74) is 0. The van der Waals surface area contributed by atoms with Gasteiger partial charge in [0.1, 0.15) is 0 Å². The number of ether oxygens (including phenoxy) is 2. The zero-order chi connectivity index (χ0) is 12.1. The Kier molecular flexibility index (Phi) is 6.14. The molecule has 0 heterocycles. The fraction of sp³-hybridized carbons (Fsp3) is 1.00. The molecule has 0 radical (unpaired) electrons. The van der Waals surface area contributed by atoms with Crippen molar-refractivity contribution in [2.75, 3.05) is 12.0 Å². The van der Waals surface area contributed by atoms with Gasteiger partial charge < -0.3 is 0 Å². The maximum absolute atomic E-state index is 11.8. The molecule has 0 N–H and O–H groups in total. The Bertz CT molecular complexity index is 189. The van der Waals surface area contributed by atoms with Gasteiger partial charge in [-0.1, -0.05) is 0 Å². The van der Waals surface area contributed by atoms with Gasteiger partial charge in [0.2, 0.25) is 5.12 Å². The average molecular weight is 276 g/mol. The Morgan fingerprint density at radius 2 is 1.80 bits per heavy atom. The van der Waals surface area contributed by atoms with E-state index in [9.17, 15) is 25.8 Å². The van der Waals surface area contributed by atoms with Crippen LogP contribution >= 0.6 is 23.9 Å². The van der Waals surface area contributed by atoms with Crippen molar-refractivity contribution in [1.29, 1.82) is 0 Å². The highest BCUT2D eigenvalue weighted by atomic mass is 32.2. The Morgan fingerprint density at radius 1 is 1.27 bits per heavy atom. The minimum absolute atomic E-state index is 0.192. The summed E-state index contributed by atoms with van der Waals surface area (Å²) >= 11 is -0.396. The van der Waals surface area contributed by atoms with Crippen LogP contribution in [0.3, 0.4) is 0 Å². The minimum atomic E-state index is -5.19. The second kappa shape index (κ2) is 6.06. The van der Waals surface area contributed by atoms with E-state index >= 15 is 0 Å². The van der Waals surface area contributed by atoms with E-state index in [1.165, 1.54) is 0 Å². The first-order chi connectivity index (χ1) is 6.74. The molecule has 0 aliphatic rings. The summed E-state index contributed by atoms with van der Waals surface area (Å²) in [5, 5.41) is -2.77. The normalized spacial score (nSPS) is 16.8. The molecule has 0 amide bonds. The van der Waals surface area contributed by atoms with E-state index in [1.54, 1.807) is 0 Å². The molecule has 10 heteroatoms. The summed E-state index contributed by atoms with van der Waals surface area (Å²) in [5.74, 6) is -1.03. The molecule has 2 nitrogen and oxygen atoms in total. The van der Waals surface area contributed by atoms with Crippen LogP contribution in [0.5, 0.6) is 0 Å². The van der Waals surface area contributed by atoms with Crippen LogP contribution in [0.2, 0.25) is 0 Å². The van der Waals surface area contributed by atoms with Gasteiger partial charge in [0, 0.05) is 0 Å². The zero-order valence-electron chi connectivity index (χ0n) is 7.19. The predicted molar refractivity (Wildman–Crippen MR) is 44.0 cm³/mol. The first kappa shape index (κ1) is 15.2. The molecule has 0 saturated carbocycles. The van der Waals surface area contributed by atoms with E-state index in [1.807, 2.05) is 0 Å². The molecule has 0 aromatic carbocycles.